The lowest BCUT2D eigenvalue weighted by molar-refractivity contribution is 0.102. The summed E-state index contributed by atoms with van der Waals surface area (Å²) in [6, 6.07) is 6.13. The number of phenolic OH excluding ortho intramolecular Hbond substituents is 2. The van der Waals surface area contributed by atoms with Crippen molar-refractivity contribution in [3.63, 3.8) is 0 Å². The van der Waals surface area contributed by atoms with Crippen LogP contribution < -0.4 is 5.32 Å². The predicted octanol–water partition coefficient (Wildman–Crippen LogP) is 1.88. The van der Waals surface area contributed by atoms with Gasteiger partial charge >= 0.3 is 0 Å². The summed E-state index contributed by atoms with van der Waals surface area (Å²) in [4.78, 5) is 15.4. The van der Waals surface area contributed by atoms with Crippen LogP contribution in [0.4, 0.5) is 10.2 Å². The van der Waals surface area contributed by atoms with E-state index in [1.807, 2.05) is 0 Å². The molecular formula is C12H9FN2O3. The summed E-state index contributed by atoms with van der Waals surface area (Å²) in [6.45, 7) is 0. The molecular weight excluding hydrogens is 239 g/mol. The zero-order valence-corrected chi connectivity index (χ0v) is 9.09. The number of anilines is 1. The molecule has 1 amide bonds. The van der Waals surface area contributed by atoms with Crippen molar-refractivity contribution in [1.82, 2.24) is 4.98 Å². The second-order valence-electron chi connectivity index (χ2n) is 3.52. The summed E-state index contributed by atoms with van der Waals surface area (Å²) in [5.74, 6) is -1.55. The van der Waals surface area contributed by atoms with Gasteiger partial charge in [-0.05, 0) is 30.3 Å². The number of carbonyl (C=O) groups is 1. The molecule has 0 aliphatic rings. The Kier molecular flexibility index (Phi) is 3.09. The molecule has 0 aliphatic heterocycles. The van der Waals surface area contributed by atoms with Gasteiger partial charge in [-0.15, -0.1) is 0 Å². The Hall–Kier alpha value is -2.63. The van der Waals surface area contributed by atoms with Gasteiger partial charge in [-0.25, -0.2) is 9.37 Å². The normalized spacial score (nSPS) is 10.1. The SMILES string of the molecule is O=C(Nc1ccc(F)cn1)c1ccc(O)c(O)c1. The zero-order valence-electron chi connectivity index (χ0n) is 9.09. The number of pyridine rings is 1. The molecule has 1 heterocycles. The Morgan fingerprint density at radius 3 is 2.56 bits per heavy atom. The number of hydrogen-bond donors (Lipinski definition) is 3. The van der Waals surface area contributed by atoms with E-state index in [0.717, 1.165) is 18.3 Å². The fourth-order valence-corrected chi connectivity index (χ4v) is 1.30. The van der Waals surface area contributed by atoms with Crippen molar-refractivity contribution in [2.75, 3.05) is 5.32 Å². The highest BCUT2D eigenvalue weighted by atomic mass is 19.1. The van der Waals surface area contributed by atoms with Gasteiger partial charge in [0, 0.05) is 5.56 Å². The number of hydrogen-bond acceptors (Lipinski definition) is 4. The molecule has 18 heavy (non-hydrogen) atoms. The lowest BCUT2D eigenvalue weighted by Gasteiger charge is -2.05. The first-order chi connectivity index (χ1) is 8.56. The van der Waals surface area contributed by atoms with Gasteiger partial charge in [0.25, 0.3) is 5.91 Å². The van der Waals surface area contributed by atoms with Crippen molar-refractivity contribution in [2.24, 2.45) is 0 Å². The van der Waals surface area contributed by atoms with Crippen LogP contribution in [0.1, 0.15) is 10.4 Å². The Labute approximate surface area is 102 Å². The number of nitrogens with zero attached hydrogens (tertiary/aromatic N) is 1. The van der Waals surface area contributed by atoms with E-state index in [1.54, 1.807) is 0 Å². The smallest absolute Gasteiger partial charge is 0.256 e. The van der Waals surface area contributed by atoms with E-state index in [2.05, 4.69) is 10.3 Å². The number of halogens is 1. The van der Waals surface area contributed by atoms with Gasteiger partial charge in [0.2, 0.25) is 0 Å². The minimum Gasteiger partial charge on any atom is -0.504 e. The number of aromatic nitrogens is 1. The van der Waals surface area contributed by atoms with Gasteiger partial charge < -0.3 is 15.5 Å². The summed E-state index contributed by atoms with van der Waals surface area (Å²) in [5, 5.41) is 20.8. The first-order valence-corrected chi connectivity index (χ1v) is 5.01. The van der Waals surface area contributed by atoms with Gasteiger partial charge in [0.15, 0.2) is 11.5 Å². The molecule has 0 atom stereocenters. The lowest BCUT2D eigenvalue weighted by Crippen LogP contribution is -2.12. The number of benzene rings is 1. The van der Waals surface area contributed by atoms with Gasteiger partial charge in [0.1, 0.15) is 11.6 Å². The maximum atomic E-state index is 12.6. The minimum absolute atomic E-state index is 0.149. The fourth-order valence-electron chi connectivity index (χ4n) is 1.30. The third kappa shape index (κ3) is 2.54. The van der Waals surface area contributed by atoms with Crippen LogP contribution in [-0.4, -0.2) is 21.1 Å². The molecule has 2 aromatic rings. The quantitative estimate of drug-likeness (QED) is 0.709. The number of carbonyl (C=O) groups excluding carboxylic acids is 1. The predicted molar refractivity (Wildman–Crippen MR) is 61.9 cm³/mol. The highest BCUT2D eigenvalue weighted by molar-refractivity contribution is 6.04. The summed E-state index contributed by atoms with van der Waals surface area (Å²) in [6.07, 6.45) is 0.976. The van der Waals surface area contributed by atoms with Crippen molar-refractivity contribution in [3.8, 4) is 11.5 Å². The van der Waals surface area contributed by atoms with Crippen molar-refractivity contribution in [3.05, 3.63) is 47.9 Å². The maximum Gasteiger partial charge on any atom is 0.256 e. The molecule has 0 spiro atoms. The number of nitrogens with one attached hydrogen (secondary N) is 1. The van der Waals surface area contributed by atoms with E-state index >= 15 is 0 Å². The molecule has 0 radical (unpaired) electrons. The van der Waals surface area contributed by atoms with Crippen molar-refractivity contribution in [2.45, 2.75) is 0 Å². The van der Waals surface area contributed by atoms with Gasteiger partial charge in [0.05, 0.1) is 6.20 Å². The van der Waals surface area contributed by atoms with E-state index in [4.69, 9.17) is 5.11 Å². The van der Waals surface area contributed by atoms with E-state index < -0.39 is 17.5 Å². The minimum atomic E-state index is -0.524. The Morgan fingerprint density at radius 1 is 1.17 bits per heavy atom. The highest BCUT2D eigenvalue weighted by Gasteiger charge is 2.09. The molecule has 5 nitrogen and oxygen atoms in total. The first-order valence-electron chi connectivity index (χ1n) is 5.01. The molecule has 6 heteroatoms. The fraction of sp³-hybridized carbons (Fsp3) is 0. The summed E-state index contributed by atoms with van der Waals surface area (Å²) in [5.41, 5.74) is 0.149. The Bertz CT molecular complexity index is 584. The van der Waals surface area contributed by atoms with E-state index in [1.165, 1.54) is 18.2 Å². The number of amides is 1. The molecule has 0 saturated carbocycles. The first kappa shape index (κ1) is 11.8. The van der Waals surface area contributed by atoms with E-state index in [-0.39, 0.29) is 17.1 Å². The monoisotopic (exact) mass is 248 g/mol. The van der Waals surface area contributed by atoms with Crippen LogP contribution >= 0.6 is 0 Å². The molecule has 0 saturated heterocycles. The highest BCUT2D eigenvalue weighted by Crippen LogP contribution is 2.25. The zero-order chi connectivity index (χ0) is 13.1. The third-order valence-electron chi connectivity index (χ3n) is 2.21. The molecule has 2 rings (SSSR count). The van der Waals surface area contributed by atoms with Gasteiger partial charge in [-0.1, -0.05) is 0 Å². The standard InChI is InChI=1S/C12H9FN2O3/c13-8-2-4-11(14-6-8)15-12(18)7-1-3-9(16)10(17)5-7/h1-6,16-17H,(H,14,15,18). The molecule has 1 aromatic carbocycles. The lowest BCUT2D eigenvalue weighted by atomic mass is 10.2. The Balaban J connectivity index is 2.16. The third-order valence-corrected chi connectivity index (χ3v) is 2.21. The summed E-state index contributed by atoms with van der Waals surface area (Å²) in [7, 11) is 0. The topological polar surface area (TPSA) is 82.5 Å². The largest absolute Gasteiger partial charge is 0.504 e. The average molecular weight is 248 g/mol. The van der Waals surface area contributed by atoms with Crippen LogP contribution in [0.15, 0.2) is 36.5 Å². The van der Waals surface area contributed by atoms with Crippen molar-refractivity contribution >= 4 is 11.7 Å². The van der Waals surface area contributed by atoms with Gasteiger partial charge in [-0.2, -0.15) is 0 Å². The second kappa shape index (κ2) is 4.70. The van der Waals surface area contributed by atoms with Crippen LogP contribution in [0.2, 0.25) is 0 Å². The molecule has 0 fully saturated rings. The van der Waals surface area contributed by atoms with E-state index in [0.29, 0.717) is 0 Å². The van der Waals surface area contributed by atoms with Crippen LogP contribution in [0.3, 0.4) is 0 Å². The molecule has 0 bridgehead atoms. The second-order valence-corrected chi connectivity index (χ2v) is 3.52. The molecule has 0 aliphatic carbocycles. The summed E-state index contributed by atoms with van der Waals surface area (Å²) < 4.78 is 12.6. The summed E-state index contributed by atoms with van der Waals surface area (Å²) >= 11 is 0. The van der Waals surface area contributed by atoms with Crippen LogP contribution in [0.5, 0.6) is 11.5 Å². The molecule has 0 unspecified atom stereocenters. The van der Waals surface area contributed by atoms with Crippen LogP contribution in [0, 0.1) is 5.82 Å². The Morgan fingerprint density at radius 2 is 1.94 bits per heavy atom. The van der Waals surface area contributed by atoms with Crippen molar-refractivity contribution in [1.29, 1.82) is 0 Å². The van der Waals surface area contributed by atoms with Gasteiger partial charge in [-0.3, -0.25) is 4.79 Å². The average Bonchev–Trinajstić information content (AvgIpc) is 2.35. The number of phenols is 2. The number of rotatable bonds is 2. The van der Waals surface area contributed by atoms with E-state index in [9.17, 15) is 14.3 Å². The molecule has 1 aromatic heterocycles. The molecule has 3 N–H and O–H groups in total. The number of aromatic hydroxyl groups is 2. The maximum absolute atomic E-state index is 12.6. The van der Waals surface area contributed by atoms with Crippen LogP contribution in [-0.2, 0) is 0 Å². The molecule has 92 valence electrons. The van der Waals surface area contributed by atoms with Crippen molar-refractivity contribution < 1.29 is 19.4 Å². The van der Waals surface area contributed by atoms with Crippen LogP contribution in [0.25, 0.3) is 0 Å².